The third kappa shape index (κ3) is 3.22. The van der Waals surface area contributed by atoms with Crippen LogP contribution in [0.3, 0.4) is 0 Å². The van der Waals surface area contributed by atoms with Gasteiger partial charge in [-0.05, 0) is 53.6 Å². The average Bonchev–Trinajstić information content (AvgIpc) is 2.85. The van der Waals surface area contributed by atoms with Crippen molar-refractivity contribution in [3.63, 3.8) is 0 Å². The lowest BCUT2D eigenvalue weighted by Crippen LogP contribution is -2.42. The Labute approximate surface area is 193 Å². The van der Waals surface area contributed by atoms with E-state index in [1.165, 1.54) is 18.3 Å². The van der Waals surface area contributed by atoms with E-state index in [2.05, 4.69) is 9.97 Å². The predicted molar refractivity (Wildman–Crippen MR) is 123 cm³/mol. The Bertz CT molecular complexity index is 1460. The van der Waals surface area contributed by atoms with Gasteiger partial charge in [-0.1, -0.05) is 18.2 Å². The van der Waals surface area contributed by atoms with Crippen molar-refractivity contribution in [1.29, 1.82) is 0 Å². The van der Waals surface area contributed by atoms with Crippen molar-refractivity contribution in [3.8, 4) is 33.9 Å². The number of ether oxygens (including phenoxy) is 2. The van der Waals surface area contributed by atoms with Crippen LogP contribution in [0.2, 0.25) is 0 Å². The molecule has 6 nitrogen and oxygen atoms in total. The number of fused-ring (bicyclic) bond motifs is 4. The van der Waals surface area contributed by atoms with E-state index < -0.39 is 11.5 Å². The third-order valence-electron chi connectivity index (χ3n) is 6.07. The number of rotatable bonds is 2. The minimum absolute atomic E-state index is 0.199. The number of nitrogens with two attached hydrogens (primary N) is 1. The molecule has 8 heteroatoms. The Hall–Kier alpha value is -4.17. The van der Waals surface area contributed by atoms with Crippen LogP contribution in [-0.4, -0.2) is 29.0 Å². The first-order valence-corrected chi connectivity index (χ1v) is 10.7. The van der Waals surface area contributed by atoms with Gasteiger partial charge in [0.1, 0.15) is 29.5 Å². The van der Waals surface area contributed by atoms with Crippen LogP contribution in [0.5, 0.6) is 11.6 Å². The van der Waals surface area contributed by atoms with E-state index in [4.69, 9.17) is 20.2 Å². The second kappa shape index (κ2) is 7.71. The average molecular weight is 456 g/mol. The summed E-state index contributed by atoms with van der Waals surface area (Å²) in [6.45, 7) is 0.403. The molecule has 2 N–H and O–H groups in total. The van der Waals surface area contributed by atoms with Gasteiger partial charge in [0.15, 0.2) is 0 Å². The fraction of sp³-hybridized carbons (Fsp3) is 0.115. The highest BCUT2D eigenvalue weighted by Gasteiger charge is 2.45. The van der Waals surface area contributed by atoms with Crippen molar-refractivity contribution in [2.45, 2.75) is 5.54 Å². The molecule has 1 atom stereocenters. The fourth-order valence-electron chi connectivity index (χ4n) is 4.48. The Morgan fingerprint density at radius 3 is 2.47 bits per heavy atom. The SMILES string of the molecule is NC1=NC2(COC1)c1cc(-c3cccnc3F)ccc1Oc1ncc(-c3ccc(F)cc3)cc12. The van der Waals surface area contributed by atoms with E-state index in [0.717, 1.165) is 11.1 Å². The number of nitrogens with zero attached hydrogens (tertiary/aromatic N) is 3. The molecule has 2 aromatic carbocycles. The molecule has 168 valence electrons. The second-order valence-corrected chi connectivity index (χ2v) is 8.19. The van der Waals surface area contributed by atoms with Crippen LogP contribution in [0.1, 0.15) is 11.1 Å². The largest absolute Gasteiger partial charge is 0.438 e. The number of hydrogen-bond acceptors (Lipinski definition) is 6. The molecule has 6 rings (SSSR count). The molecule has 0 aliphatic carbocycles. The van der Waals surface area contributed by atoms with Gasteiger partial charge in [-0.3, -0.25) is 4.99 Å². The number of benzene rings is 2. The topological polar surface area (TPSA) is 82.6 Å². The van der Waals surface area contributed by atoms with Gasteiger partial charge in [-0.15, -0.1) is 0 Å². The number of pyridine rings is 2. The number of aliphatic imine (C=N–C) groups is 1. The molecule has 2 aliphatic heterocycles. The summed E-state index contributed by atoms with van der Waals surface area (Å²) in [5.74, 6) is 0.342. The van der Waals surface area contributed by atoms with E-state index in [-0.39, 0.29) is 19.0 Å². The predicted octanol–water partition coefficient (Wildman–Crippen LogP) is 4.83. The van der Waals surface area contributed by atoms with Crippen LogP contribution >= 0.6 is 0 Å². The summed E-state index contributed by atoms with van der Waals surface area (Å²) in [4.78, 5) is 13.1. The minimum atomic E-state index is -1.04. The summed E-state index contributed by atoms with van der Waals surface area (Å²) in [6.07, 6.45) is 3.07. The van der Waals surface area contributed by atoms with Gasteiger partial charge in [0.2, 0.25) is 11.8 Å². The number of halogens is 2. The minimum Gasteiger partial charge on any atom is -0.438 e. The van der Waals surface area contributed by atoms with Crippen molar-refractivity contribution in [2.75, 3.05) is 13.2 Å². The van der Waals surface area contributed by atoms with Crippen LogP contribution < -0.4 is 10.5 Å². The summed E-state index contributed by atoms with van der Waals surface area (Å²) in [7, 11) is 0. The summed E-state index contributed by atoms with van der Waals surface area (Å²) in [5.41, 5.74) is 8.98. The molecule has 0 radical (unpaired) electrons. The summed E-state index contributed by atoms with van der Waals surface area (Å²) >= 11 is 0. The van der Waals surface area contributed by atoms with Gasteiger partial charge in [-0.25, -0.2) is 14.4 Å². The molecule has 1 spiro atoms. The maximum atomic E-state index is 14.5. The number of aromatic nitrogens is 2. The molecule has 0 saturated carbocycles. The number of amidine groups is 1. The van der Waals surface area contributed by atoms with Crippen molar-refractivity contribution >= 4 is 5.84 Å². The van der Waals surface area contributed by atoms with Crippen LogP contribution in [0.4, 0.5) is 8.78 Å². The molecule has 0 fully saturated rings. The van der Waals surface area contributed by atoms with Crippen molar-refractivity contribution in [3.05, 3.63) is 95.9 Å². The molecule has 0 saturated heterocycles. The molecule has 34 heavy (non-hydrogen) atoms. The van der Waals surface area contributed by atoms with Crippen LogP contribution in [0.25, 0.3) is 22.3 Å². The molecule has 0 amide bonds. The highest BCUT2D eigenvalue weighted by molar-refractivity contribution is 5.84. The summed E-state index contributed by atoms with van der Waals surface area (Å²) in [6, 6.07) is 16.8. The van der Waals surface area contributed by atoms with Crippen LogP contribution in [-0.2, 0) is 10.3 Å². The first-order valence-electron chi connectivity index (χ1n) is 10.7. The quantitative estimate of drug-likeness (QED) is 0.437. The Balaban J connectivity index is 1.57. The van der Waals surface area contributed by atoms with Gasteiger partial charge >= 0.3 is 0 Å². The molecular formula is C26H18F2N4O2. The standard InChI is InChI=1S/C26H18F2N4O2/c27-18-6-3-15(4-7-18)17-11-21-25(31-12-17)34-22-8-5-16(19-2-1-9-30-24(19)28)10-20(22)26(21)14-33-13-23(29)32-26/h1-12H,13-14H2,(H2,29,32). The monoisotopic (exact) mass is 456 g/mol. The lowest BCUT2D eigenvalue weighted by Gasteiger charge is -2.39. The first kappa shape index (κ1) is 20.4. The van der Waals surface area contributed by atoms with Gasteiger partial charge in [0.25, 0.3) is 0 Å². The van der Waals surface area contributed by atoms with Crippen LogP contribution in [0.15, 0.2) is 78.0 Å². The van der Waals surface area contributed by atoms with E-state index in [1.54, 1.807) is 42.6 Å². The highest BCUT2D eigenvalue weighted by Crippen LogP contribution is 2.51. The summed E-state index contributed by atoms with van der Waals surface area (Å²) in [5, 5.41) is 0. The van der Waals surface area contributed by atoms with E-state index >= 15 is 0 Å². The zero-order valence-electron chi connectivity index (χ0n) is 17.8. The van der Waals surface area contributed by atoms with E-state index in [1.807, 2.05) is 12.1 Å². The smallest absolute Gasteiger partial charge is 0.225 e. The Morgan fingerprint density at radius 1 is 0.882 bits per heavy atom. The van der Waals surface area contributed by atoms with Gasteiger partial charge in [-0.2, -0.15) is 4.39 Å². The molecule has 4 aromatic rings. The van der Waals surface area contributed by atoms with Crippen molar-refractivity contribution in [1.82, 2.24) is 9.97 Å². The van der Waals surface area contributed by atoms with E-state index in [9.17, 15) is 8.78 Å². The maximum Gasteiger partial charge on any atom is 0.225 e. The molecule has 1 unspecified atom stereocenters. The van der Waals surface area contributed by atoms with E-state index in [0.29, 0.717) is 39.7 Å². The third-order valence-corrected chi connectivity index (χ3v) is 6.07. The molecule has 2 aromatic heterocycles. The lowest BCUT2D eigenvalue weighted by atomic mass is 9.80. The Kier molecular flexibility index (Phi) is 4.63. The van der Waals surface area contributed by atoms with Crippen molar-refractivity contribution < 1.29 is 18.3 Å². The number of hydrogen-bond donors (Lipinski definition) is 1. The molecule has 0 bridgehead atoms. The first-order chi connectivity index (χ1) is 16.5. The Morgan fingerprint density at radius 2 is 1.68 bits per heavy atom. The lowest BCUT2D eigenvalue weighted by molar-refractivity contribution is 0.109. The zero-order valence-corrected chi connectivity index (χ0v) is 17.8. The molecule has 4 heterocycles. The maximum absolute atomic E-state index is 14.5. The second-order valence-electron chi connectivity index (χ2n) is 8.19. The highest BCUT2D eigenvalue weighted by atomic mass is 19.1. The fourth-order valence-corrected chi connectivity index (χ4v) is 4.48. The molecular weight excluding hydrogens is 438 g/mol. The zero-order chi connectivity index (χ0) is 23.3. The van der Waals surface area contributed by atoms with Gasteiger partial charge < -0.3 is 15.2 Å². The molecule has 2 aliphatic rings. The van der Waals surface area contributed by atoms with Gasteiger partial charge in [0.05, 0.1) is 6.61 Å². The van der Waals surface area contributed by atoms with Crippen molar-refractivity contribution in [2.24, 2.45) is 10.7 Å². The van der Waals surface area contributed by atoms with Crippen LogP contribution in [0, 0.1) is 11.8 Å². The van der Waals surface area contributed by atoms with Gasteiger partial charge in [0, 0.05) is 34.6 Å². The summed E-state index contributed by atoms with van der Waals surface area (Å²) < 4.78 is 39.9. The normalized spacial score (nSPS) is 18.6.